The van der Waals surface area contributed by atoms with Crippen molar-refractivity contribution in [3.8, 4) is 0 Å². The highest BCUT2D eigenvalue weighted by atomic mass is 16.2. The van der Waals surface area contributed by atoms with Crippen LogP contribution in [0.5, 0.6) is 0 Å². The van der Waals surface area contributed by atoms with E-state index in [9.17, 15) is 9.59 Å². The van der Waals surface area contributed by atoms with Gasteiger partial charge in [-0.2, -0.15) is 0 Å². The number of hydrogen-bond acceptors (Lipinski definition) is 2. The van der Waals surface area contributed by atoms with E-state index in [1.807, 2.05) is 48.2 Å². The zero-order chi connectivity index (χ0) is 17.8. The van der Waals surface area contributed by atoms with E-state index in [1.54, 1.807) is 4.90 Å². The van der Waals surface area contributed by atoms with Crippen molar-refractivity contribution in [2.45, 2.75) is 33.4 Å². The van der Waals surface area contributed by atoms with Gasteiger partial charge in [0.25, 0.3) is 0 Å². The predicted molar refractivity (Wildman–Crippen MR) is 97.8 cm³/mol. The Bertz CT molecular complexity index is 785. The molecule has 25 heavy (non-hydrogen) atoms. The van der Waals surface area contributed by atoms with Gasteiger partial charge in [-0.1, -0.05) is 48.5 Å². The molecule has 0 bridgehead atoms. The Morgan fingerprint density at radius 2 is 1.72 bits per heavy atom. The first-order valence-corrected chi connectivity index (χ1v) is 8.69. The van der Waals surface area contributed by atoms with Crippen LogP contribution in [0.25, 0.3) is 0 Å². The second-order valence-corrected chi connectivity index (χ2v) is 6.64. The van der Waals surface area contributed by atoms with Gasteiger partial charge in [0, 0.05) is 26.6 Å². The molecule has 1 aliphatic heterocycles. The van der Waals surface area contributed by atoms with Gasteiger partial charge in [-0.3, -0.25) is 9.59 Å². The lowest BCUT2D eigenvalue weighted by atomic mass is 10.00. The molecule has 0 fully saturated rings. The van der Waals surface area contributed by atoms with E-state index in [4.69, 9.17) is 0 Å². The van der Waals surface area contributed by atoms with Gasteiger partial charge >= 0.3 is 0 Å². The van der Waals surface area contributed by atoms with Gasteiger partial charge in [0.05, 0.1) is 0 Å². The second-order valence-electron chi connectivity index (χ2n) is 6.64. The van der Waals surface area contributed by atoms with Crippen molar-refractivity contribution in [3.05, 3.63) is 70.8 Å². The largest absolute Gasteiger partial charge is 0.336 e. The summed E-state index contributed by atoms with van der Waals surface area (Å²) in [7, 11) is 0. The fourth-order valence-corrected chi connectivity index (χ4v) is 3.24. The van der Waals surface area contributed by atoms with Gasteiger partial charge in [0.1, 0.15) is 6.54 Å². The first-order chi connectivity index (χ1) is 12.0. The maximum Gasteiger partial charge on any atom is 0.242 e. The van der Waals surface area contributed by atoms with Crippen LogP contribution < -0.4 is 0 Å². The molecule has 1 heterocycles. The van der Waals surface area contributed by atoms with Crippen molar-refractivity contribution in [3.63, 3.8) is 0 Å². The topological polar surface area (TPSA) is 40.6 Å². The maximum atomic E-state index is 12.7. The molecule has 2 aromatic carbocycles. The number of aryl methyl sites for hydroxylation is 1. The van der Waals surface area contributed by atoms with Crippen molar-refractivity contribution < 1.29 is 9.59 Å². The van der Waals surface area contributed by atoms with E-state index in [0.717, 1.165) is 17.5 Å². The molecule has 3 rings (SSSR count). The lowest BCUT2D eigenvalue weighted by molar-refractivity contribution is -0.140. The first kappa shape index (κ1) is 17.2. The van der Waals surface area contributed by atoms with Crippen LogP contribution in [-0.2, 0) is 29.1 Å². The van der Waals surface area contributed by atoms with E-state index >= 15 is 0 Å². The van der Waals surface area contributed by atoms with Crippen LogP contribution >= 0.6 is 0 Å². The standard InChI is InChI=1S/C21H24N2O2/c1-16-7-3-4-9-19(16)13-23(17(2)24)15-21(25)22-12-11-18-8-5-6-10-20(18)14-22/h3-10H,11-15H2,1-2H3. The van der Waals surface area contributed by atoms with Gasteiger partial charge in [-0.25, -0.2) is 0 Å². The Morgan fingerprint density at radius 1 is 1.04 bits per heavy atom. The summed E-state index contributed by atoms with van der Waals surface area (Å²) in [5.41, 5.74) is 4.73. The van der Waals surface area contributed by atoms with E-state index in [0.29, 0.717) is 19.6 Å². The van der Waals surface area contributed by atoms with Crippen molar-refractivity contribution >= 4 is 11.8 Å². The molecule has 0 saturated heterocycles. The normalized spacial score (nSPS) is 13.3. The lowest BCUT2D eigenvalue weighted by Gasteiger charge is -2.31. The molecule has 0 spiro atoms. The Balaban J connectivity index is 1.67. The fourth-order valence-electron chi connectivity index (χ4n) is 3.24. The highest BCUT2D eigenvalue weighted by Crippen LogP contribution is 2.19. The summed E-state index contributed by atoms with van der Waals surface area (Å²) >= 11 is 0. The summed E-state index contributed by atoms with van der Waals surface area (Å²) in [6.45, 7) is 5.50. The van der Waals surface area contributed by atoms with Gasteiger partial charge in [0.2, 0.25) is 11.8 Å². The Kier molecular flexibility index (Phi) is 5.17. The smallest absolute Gasteiger partial charge is 0.242 e. The van der Waals surface area contributed by atoms with Crippen molar-refractivity contribution in [1.29, 1.82) is 0 Å². The minimum Gasteiger partial charge on any atom is -0.336 e. The summed E-state index contributed by atoms with van der Waals surface area (Å²) in [6.07, 6.45) is 0.875. The number of carbonyl (C=O) groups is 2. The summed E-state index contributed by atoms with van der Waals surface area (Å²) in [5, 5.41) is 0. The van der Waals surface area contributed by atoms with Gasteiger partial charge in [-0.15, -0.1) is 0 Å². The van der Waals surface area contributed by atoms with Crippen molar-refractivity contribution in [1.82, 2.24) is 9.80 Å². The van der Waals surface area contributed by atoms with Crippen molar-refractivity contribution in [2.75, 3.05) is 13.1 Å². The summed E-state index contributed by atoms with van der Waals surface area (Å²) < 4.78 is 0. The van der Waals surface area contributed by atoms with E-state index < -0.39 is 0 Å². The molecular formula is C21H24N2O2. The number of hydrogen-bond donors (Lipinski definition) is 0. The summed E-state index contributed by atoms with van der Waals surface area (Å²) in [4.78, 5) is 28.2. The third-order valence-corrected chi connectivity index (χ3v) is 4.88. The summed E-state index contributed by atoms with van der Waals surface area (Å²) in [5.74, 6) is -0.0627. The zero-order valence-electron chi connectivity index (χ0n) is 14.9. The third-order valence-electron chi connectivity index (χ3n) is 4.88. The Hall–Kier alpha value is -2.62. The third kappa shape index (κ3) is 4.08. The van der Waals surface area contributed by atoms with Crippen molar-refractivity contribution in [2.24, 2.45) is 0 Å². The maximum absolute atomic E-state index is 12.7. The molecule has 130 valence electrons. The number of carbonyl (C=O) groups excluding carboxylic acids is 2. The Labute approximate surface area is 149 Å². The van der Waals surface area contributed by atoms with E-state index in [-0.39, 0.29) is 18.4 Å². The number of fused-ring (bicyclic) bond motifs is 1. The molecule has 0 unspecified atom stereocenters. The molecule has 2 aromatic rings. The van der Waals surface area contributed by atoms with Crippen LogP contribution in [0.15, 0.2) is 48.5 Å². The average Bonchev–Trinajstić information content (AvgIpc) is 2.62. The Morgan fingerprint density at radius 3 is 2.44 bits per heavy atom. The first-order valence-electron chi connectivity index (χ1n) is 8.69. The second kappa shape index (κ2) is 7.51. The minimum absolute atomic E-state index is 0.0123. The van der Waals surface area contributed by atoms with Gasteiger partial charge < -0.3 is 9.80 Å². The predicted octanol–water partition coefficient (Wildman–Crippen LogP) is 2.93. The zero-order valence-corrected chi connectivity index (χ0v) is 14.9. The number of rotatable bonds is 4. The molecule has 1 aliphatic rings. The highest BCUT2D eigenvalue weighted by molar-refractivity contribution is 5.84. The number of nitrogens with zero attached hydrogens (tertiary/aromatic N) is 2. The van der Waals surface area contributed by atoms with E-state index in [1.165, 1.54) is 18.1 Å². The SMILES string of the molecule is CC(=O)N(CC(=O)N1CCc2ccccc2C1)Cc1ccccc1C. The molecule has 0 saturated carbocycles. The van der Waals surface area contributed by atoms with E-state index in [2.05, 4.69) is 12.1 Å². The average molecular weight is 336 g/mol. The van der Waals surface area contributed by atoms with Gasteiger partial charge in [0.15, 0.2) is 0 Å². The fraction of sp³-hybridized carbons (Fsp3) is 0.333. The monoisotopic (exact) mass is 336 g/mol. The molecule has 0 atom stereocenters. The molecule has 4 heteroatoms. The summed E-state index contributed by atoms with van der Waals surface area (Å²) in [6, 6.07) is 16.2. The molecule has 4 nitrogen and oxygen atoms in total. The highest BCUT2D eigenvalue weighted by Gasteiger charge is 2.23. The molecule has 0 aromatic heterocycles. The van der Waals surface area contributed by atoms with Crippen LogP contribution in [0.1, 0.15) is 29.2 Å². The van der Waals surface area contributed by atoms with Crippen LogP contribution in [0.2, 0.25) is 0 Å². The van der Waals surface area contributed by atoms with Crippen LogP contribution in [0.3, 0.4) is 0 Å². The molecule has 0 aliphatic carbocycles. The molecular weight excluding hydrogens is 312 g/mol. The lowest BCUT2D eigenvalue weighted by Crippen LogP contribution is -2.43. The quantitative estimate of drug-likeness (QED) is 0.861. The number of amides is 2. The molecule has 0 radical (unpaired) electrons. The van der Waals surface area contributed by atoms with Crippen LogP contribution in [-0.4, -0.2) is 34.7 Å². The number of benzene rings is 2. The van der Waals surface area contributed by atoms with Crippen LogP contribution in [0.4, 0.5) is 0 Å². The minimum atomic E-state index is -0.0750. The molecule has 0 N–H and O–H groups in total. The van der Waals surface area contributed by atoms with Gasteiger partial charge in [-0.05, 0) is 35.6 Å². The molecule has 2 amide bonds. The van der Waals surface area contributed by atoms with Crippen LogP contribution in [0, 0.1) is 6.92 Å².